The number of methoxy groups -OCH3 is 2. The number of unbranched alkanes of at least 4 members (excludes halogenated alkanes) is 9. The zero-order valence-electron chi connectivity index (χ0n) is 24.6. The molecule has 2 aromatic rings. The van der Waals surface area contributed by atoms with Gasteiger partial charge in [-0.1, -0.05) is 95.4 Å². The Morgan fingerprint density at radius 2 is 1.32 bits per heavy atom. The van der Waals surface area contributed by atoms with Gasteiger partial charge >= 0.3 is 0 Å². The number of nitriles is 1. The fourth-order valence-corrected chi connectivity index (χ4v) is 5.34. The van der Waals surface area contributed by atoms with Gasteiger partial charge in [0.1, 0.15) is 11.5 Å². The highest BCUT2D eigenvalue weighted by atomic mass is 16.5. The molecule has 38 heavy (non-hydrogen) atoms. The average Bonchev–Trinajstić information content (AvgIpc) is 2.96. The molecule has 0 saturated heterocycles. The molecule has 0 radical (unpaired) electrons. The van der Waals surface area contributed by atoms with Gasteiger partial charge in [-0.2, -0.15) is 5.26 Å². The van der Waals surface area contributed by atoms with E-state index < -0.39 is 5.41 Å². The second kappa shape index (κ2) is 18.7. The summed E-state index contributed by atoms with van der Waals surface area (Å²) in [6.07, 6.45) is 16.9. The van der Waals surface area contributed by atoms with E-state index in [0.29, 0.717) is 0 Å². The van der Waals surface area contributed by atoms with Gasteiger partial charge in [0, 0.05) is 6.54 Å². The van der Waals surface area contributed by atoms with Gasteiger partial charge in [-0.05, 0) is 74.7 Å². The minimum absolute atomic E-state index is 0.456. The van der Waals surface area contributed by atoms with Crippen molar-refractivity contribution in [3.8, 4) is 17.6 Å². The van der Waals surface area contributed by atoms with E-state index in [9.17, 15) is 5.26 Å². The van der Waals surface area contributed by atoms with Crippen LogP contribution in [0.3, 0.4) is 0 Å². The van der Waals surface area contributed by atoms with Crippen LogP contribution in [0.5, 0.6) is 11.5 Å². The van der Waals surface area contributed by atoms with E-state index in [1.165, 1.54) is 63.4 Å². The van der Waals surface area contributed by atoms with E-state index in [-0.39, 0.29) is 0 Å². The fourth-order valence-electron chi connectivity index (χ4n) is 5.34. The number of likely N-dealkylation sites (N-methyl/N-ethyl adjacent to an activating group) is 1. The van der Waals surface area contributed by atoms with Crippen LogP contribution in [-0.4, -0.2) is 39.3 Å². The van der Waals surface area contributed by atoms with Crippen LogP contribution < -0.4 is 9.47 Å². The van der Waals surface area contributed by atoms with E-state index in [2.05, 4.69) is 55.3 Å². The number of rotatable bonds is 21. The molecule has 2 aromatic carbocycles. The smallest absolute Gasteiger partial charge is 0.119 e. The van der Waals surface area contributed by atoms with Crippen molar-refractivity contribution in [3.05, 3.63) is 59.7 Å². The quantitative estimate of drug-likeness (QED) is 0.154. The van der Waals surface area contributed by atoms with E-state index in [1.807, 2.05) is 18.2 Å². The minimum Gasteiger partial charge on any atom is -0.497 e. The van der Waals surface area contributed by atoms with Crippen molar-refractivity contribution in [1.29, 1.82) is 5.26 Å². The maximum absolute atomic E-state index is 10.5. The van der Waals surface area contributed by atoms with Crippen molar-refractivity contribution >= 4 is 0 Å². The fraction of sp³-hybridized carbons (Fsp3) is 0.618. The number of nitrogens with zero attached hydrogens (tertiary/aromatic N) is 2. The molecule has 2 rings (SSSR count). The van der Waals surface area contributed by atoms with E-state index in [0.717, 1.165) is 62.3 Å². The molecule has 0 aliphatic rings. The van der Waals surface area contributed by atoms with E-state index in [1.54, 1.807) is 14.2 Å². The average molecular weight is 521 g/mol. The number of hydrogen-bond acceptors (Lipinski definition) is 4. The zero-order chi connectivity index (χ0) is 27.5. The van der Waals surface area contributed by atoms with Gasteiger partial charge in [-0.3, -0.25) is 0 Å². The van der Waals surface area contributed by atoms with E-state index in [4.69, 9.17) is 9.47 Å². The highest BCUT2D eigenvalue weighted by Gasteiger charge is 2.32. The Morgan fingerprint density at radius 1 is 0.737 bits per heavy atom. The lowest BCUT2D eigenvalue weighted by molar-refractivity contribution is 0.309. The van der Waals surface area contributed by atoms with Crippen LogP contribution in [0, 0.1) is 11.3 Å². The molecule has 4 heteroatoms. The molecule has 0 N–H and O–H groups in total. The van der Waals surface area contributed by atoms with Gasteiger partial charge < -0.3 is 14.4 Å². The summed E-state index contributed by atoms with van der Waals surface area (Å²) in [5.74, 6) is 1.75. The molecule has 0 spiro atoms. The molecular formula is C34H52N2O2. The van der Waals surface area contributed by atoms with Gasteiger partial charge in [-0.15, -0.1) is 0 Å². The standard InChI is InChI=1S/C34H52N2O2/c1-5-6-7-8-9-10-11-12-13-14-23-34(29-35,31-19-16-21-33(28-31)38-4)24-17-25-36(2)26-22-30-18-15-20-32(27-30)37-3/h15-16,18-21,27-28H,5-14,17,22-26H2,1-4H3/t34-/m1/s1. The molecule has 0 aliphatic carbocycles. The molecule has 210 valence electrons. The molecule has 4 nitrogen and oxygen atoms in total. The summed E-state index contributed by atoms with van der Waals surface area (Å²) in [5, 5.41) is 10.5. The van der Waals surface area contributed by atoms with Gasteiger partial charge in [-0.25, -0.2) is 0 Å². The van der Waals surface area contributed by atoms with Crippen LogP contribution in [0.15, 0.2) is 48.5 Å². The Bertz CT molecular complexity index is 938. The molecule has 0 aromatic heterocycles. The monoisotopic (exact) mass is 520 g/mol. The first-order valence-corrected chi connectivity index (χ1v) is 14.9. The lowest BCUT2D eigenvalue weighted by Gasteiger charge is -2.29. The number of ether oxygens (including phenoxy) is 2. The zero-order valence-corrected chi connectivity index (χ0v) is 24.6. The van der Waals surface area contributed by atoms with Gasteiger partial charge in [0.25, 0.3) is 0 Å². The number of hydrogen-bond donors (Lipinski definition) is 0. The van der Waals surface area contributed by atoms with Crippen LogP contribution in [0.4, 0.5) is 0 Å². The highest BCUT2D eigenvalue weighted by molar-refractivity contribution is 5.38. The molecule has 0 fully saturated rings. The minimum atomic E-state index is -0.456. The summed E-state index contributed by atoms with van der Waals surface area (Å²) >= 11 is 0. The van der Waals surface area contributed by atoms with E-state index >= 15 is 0 Å². The first-order chi connectivity index (χ1) is 18.6. The Labute approximate surface area is 233 Å². The maximum Gasteiger partial charge on any atom is 0.119 e. The Kier molecular flexibility index (Phi) is 15.6. The molecular weight excluding hydrogens is 468 g/mol. The summed E-state index contributed by atoms with van der Waals surface area (Å²) < 4.78 is 10.9. The highest BCUT2D eigenvalue weighted by Crippen LogP contribution is 2.36. The normalized spacial score (nSPS) is 12.7. The largest absolute Gasteiger partial charge is 0.497 e. The van der Waals surface area contributed by atoms with Crippen molar-refractivity contribution in [1.82, 2.24) is 4.90 Å². The molecule has 1 atom stereocenters. The van der Waals surface area contributed by atoms with Crippen LogP contribution >= 0.6 is 0 Å². The lowest BCUT2D eigenvalue weighted by Crippen LogP contribution is -2.28. The summed E-state index contributed by atoms with van der Waals surface area (Å²) in [6, 6.07) is 19.3. The predicted octanol–water partition coefficient (Wildman–Crippen LogP) is 8.73. The SMILES string of the molecule is CCCCCCCCCCCC[C@](C#N)(CCCN(C)CCc1cccc(OC)c1)c1cccc(OC)c1. The summed E-state index contributed by atoms with van der Waals surface area (Å²) in [5.41, 5.74) is 1.94. The van der Waals surface area contributed by atoms with Crippen molar-refractivity contribution < 1.29 is 9.47 Å². The summed E-state index contributed by atoms with van der Waals surface area (Å²) in [4.78, 5) is 2.38. The lowest BCUT2D eigenvalue weighted by atomic mass is 9.74. The topological polar surface area (TPSA) is 45.5 Å². The van der Waals surface area contributed by atoms with Crippen molar-refractivity contribution in [2.24, 2.45) is 0 Å². The van der Waals surface area contributed by atoms with Crippen LogP contribution in [0.2, 0.25) is 0 Å². The molecule has 0 heterocycles. The Balaban J connectivity index is 1.87. The Morgan fingerprint density at radius 3 is 1.95 bits per heavy atom. The molecule has 0 saturated carbocycles. The van der Waals surface area contributed by atoms with Gasteiger partial charge in [0.15, 0.2) is 0 Å². The van der Waals surface area contributed by atoms with Crippen molar-refractivity contribution in [3.63, 3.8) is 0 Å². The Hall–Kier alpha value is -2.51. The van der Waals surface area contributed by atoms with Crippen molar-refractivity contribution in [2.75, 3.05) is 34.4 Å². The first kappa shape index (κ1) is 31.7. The van der Waals surface area contributed by atoms with Crippen molar-refractivity contribution in [2.45, 2.75) is 102 Å². The second-order valence-electron chi connectivity index (χ2n) is 10.9. The third-order valence-electron chi connectivity index (χ3n) is 7.85. The molecule has 0 amide bonds. The van der Waals surface area contributed by atoms with Crippen LogP contribution in [0.1, 0.15) is 102 Å². The van der Waals surface area contributed by atoms with Gasteiger partial charge in [0.2, 0.25) is 0 Å². The first-order valence-electron chi connectivity index (χ1n) is 14.9. The maximum atomic E-state index is 10.5. The molecule has 0 aliphatic heterocycles. The third-order valence-corrected chi connectivity index (χ3v) is 7.85. The second-order valence-corrected chi connectivity index (χ2v) is 10.9. The summed E-state index contributed by atoms with van der Waals surface area (Å²) in [7, 11) is 5.60. The van der Waals surface area contributed by atoms with Crippen LogP contribution in [-0.2, 0) is 11.8 Å². The molecule has 0 bridgehead atoms. The molecule has 0 unspecified atom stereocenters. The predicted molar refractivity (Wildman–Crippen MR) is 160 cm³/mol. The third kappa shape index (κ3) is 11.5. The number of benzene rings is 2. The van der Waals surface area contributed by atoms with Gasteiger partial charge in [0.05, 0.1) is 25.7 Å². The summed E-state index contributed by atoms with van der Waals surface area (Å²) in [6.45, 7) is 4.24. The van der Waals surface area contributed by atoms with Crippen LogP contribution in [0.25, 0.3) is 0 Å².